The van der Waals surface area contributed by atoms with Crippen LogP contribution in [-0.2, 0) is 17.6 Å². The van der Waals surface area contributed by atoms with Crippen LogP contribution in [0.5, 0.6) is 0 Å². The van der Waals surface area contributed by atoms with E-state index in [1.54, 1.807) is 42.5 Å². The van der Waals surface area contributed by atoms with Crippen LogP contribution in [-0.4, -0.2) is 34.9 Å². The summed E-state index contributed by atoms with van der Waals surface area (Å²) in [4.78, 5) is 29.9. The van der Waals surface area contributed by atoms with E-state index >= 15 is 0 Å². The summed E-state index contributed by atoms with van der Waals surface area (Å²) >= 11 is 0. The molecule has 7 heteroatoms. The summed E-state index contributed by atoms with van der Waals surface area (Å²) in [6, 6.07) is 20.1. The molecule has 0 saturated carbocycles. The van der Waals surface area contributed by atoms with Gasteiger partial charge in [-0.2, -0.15) is 0 Å². The standard InChI is InChI=1S/C26H23FN2O4/c27-20-11-5-17(6-12-20)15-21(18-7-9-19(10-8-18)26(32)28-13-14-30)23(31)16-25-29-22-3-1-2-4-24(22)33-25/h1-12,21,30H,13-16H2,(H,28,32). The maximum Gasteiger partial charge on any atom is 0.251 e. The molecule has 0 spiro atoms. The van der Waals surface area contributed by atoms with E-state index < -0.39 is 5.92 Å². The van der Waals surface area contributed by atoms with Crippen LogP contribution in [0.3, 0.4) is 0 Å². The molecule has 0 radical (unpaired) electrons. The summed E-state index contributed by atoms with van der Waals surface area (Å²) in [6.07, 6.45) is 0.384. The molecule has 6 nitrogen and oxygen atoms in total. The molecule has 4 aromatic rings. The van der Waals surface area contributed by atoms with Crippen molar-refractivity contribution in [1.29, 1.82) is 0 Å². The van der Waals surface area contributed by atoms with Gasteiger partial charge in [0.2, 0.25) is 5.89 Å². The molecule has 0 bridgehead atoms. The third kappa shape index (κ3) is 5.51. The number of halogens is 1. The Bertz CT molecular complexity index is 1220. The number of ketones is 1. The van der Waals surface area contributed by atoms with Gasteiger partial charge < -0.3 is 14.8 Å². The van der Waals surface area contributed by atoms with Crippen LogP contribution in [0.2, 0.25) is 0 Å². The first-order valence-corrected chi connectivity index (χ1v) is 10.6. The van der Waals surface area contributed by atoms with E-state index in [1.807, 2.05) is 18.2 Å². The molecule has 0 aliphatic heterocycles. The summed E-state index contributed by atoms with van der Waals surface area (Å²) in [5.74, 6) is -0.927. The van der Waals surface area contributed by atoms with Gasteiger partial charge in [0.25, 0.3) is 5.91 Å². The zero-order chi connectivity index (χ0) is 23.2. The quantitative estimate of drug-likeness (QED) is 0.408. The minimum absolute atomic E-state index is 0.0132. The molecule has 0 saturated heterocycles. The van der Waals surface area contributed by atoms with Gasteiger partial charge in [0, 0.05) is 18.0 Å². The summed E-state index contributed by atoms with van der Waals surface area (Å²) in [6.45, 7) is 0.0185. The molecule has 1 unspecified atom stereocenters. The molecular formula is C26H23FN2O4. The highest BCUT2D eigenvalue weighted by atomic mass is 19.1. The molecule has 2 N–H and O–H groups in total. The first-order chi connectivity index (χ1) is 16.0. The zero-order valence-electron chi connectivity index (χ0n) is 17.8. The van der Waals surface area contributed by atoms with Gasteiger partial charge >= 0.3 is 0 Å². The molecule has 1 amide bonds. The highest BCUT2D eigenvalue weighted by Gasteiger charge is 2.24. The Morgan fingerprint density at radius 3 is 2.42 bits per heavy atom. The Balaban J connectivity index is 1.58. The first-order valence-electron chi connectivity index (χ1n) is 10.6. The second kappa shape index (κ2) is 10.2. The number of hydrogen-bond acceptors (Lipinski definition) is 5. The second-order valence-electron chi connectivity index (χ2n) is 7.70. The van der Waals surface area contributed by atoms with E-state index in [-0.39, 0.29) is 37.1 Å². The average molecular weight is 446 g/mol. The molecule has 33 heavy (non-hydrogen) atoms. The van der Waals surface area contributed by atoms with Crippen molar-refractivity contribution in [2.24, 2.45) is 0 Å². The number of aliphatic hydroxyl groups excluding tert-OH is 1. The highest BCUT2D eigenvalue weighted by Crippen LogP contribution is 2.25. The number of amides is 1. The number of oxazole rings is 1. The molecule has 4 rings (SSSR count). The van der Waals surface area contributed by atoms with E-state index in [2.05, 4.69) is 10.3 Å². The normalized spacial score (nSPS) is 11.9. The Labute approximate surface area is 190 Å². The topological polar surface area (TPSA) is 92.4 Å². The van der Waals surface area contributed by atoms with Gasteiger partial charge in [-0.25, -0.2) is 9.37 Å². The van der Waals surface area contributed by atoms with Crippen molar-refractivity contribution in [2.45, 2.75) is 18.8 Å². The smallest absolute Gasteiger partial charge is 0.251 e. The molecule has 0 aliphatic rings. The Kier molecular flexibility index (Phi) is 6.90. The number of nitrogens with one attached hydrogen (secondary N) is 1. The van der Waals surface area contributed by atoms with E-state index in [9.17, 15) is 14.0 Å². The van der Waals surface area contributed by atoms with Crippen molar-refractivity contribution in [1.82, 2.24) is 10.3 Å². The van der Waals surface area contributed by atoms with E-state index in [1.165, 1.54) is 12.1 Å². The highest BCUT2D eigenvalue weighted by molar-refractivity contribution is 5.94. The second-order valence-corrected chi connectivity index (χ2v) is 7.70. The van der Waals surface area contributed by atoms with Crippen LogP contribution in [0.25, 0.3) is 11.1 Å². The number of benzene rings is 3. The number of fused-ring (bicyclic) bond motifs is 1. The number of hydrogen-bond donors (Lipinski definition) is 2. The number of carbonyl (C=O) groups is 2. The van der Waals surface area contributed by atoms with Crippen LogP contribution in [0.1, 0.15) is 33.3 Å². The van der Waals surface area contributed by atoms with E-state index in [0.717, 1.165) is 11.1 Å². The maximum atomic E-state index is 13.4. The fraction of sp³-hybridized carbons (Fsp3) is 0.192. The van der Waals surface area contributed by atoms with Gasteiger partial charge in [0.15, 0.2) is 5.58 Å². The van der Waals surface area contributed by atoms with Gasteiger partial charge in [-0.15, -0.1) is 0 Å². The van der Waals surface area contributed by atoms with E-state index in [0.29, 0.717) is 29.0 Å². The largest absolute Gasteiger partial charge is 0.440 e. The number of para-hydroxylation sites is 2. The van der Waals surface area contributed by atoms with E-state index in [4.69, 9.17) is 9.52 Å². The van der Waals surface area contributed by atoms with Crippen molar-refractivity contribution in [3.8, 4) is 0 Å². The summed E-state index contributed by atoms with van der Waals surface area (Å²) in [5.41, 5.74) is 3.29. The number of Topliss-reactive ketones (excluding diaryl/α,β-unsaturated/α-hetero) is 1. The first kappa shape index (κ1) is 22.4. The van der Waals surface area contributed by atoms with Crippen LogP contribution in [0.4, 0.5) is 4.39 Å². The number of nitrogens with zero attached hydrogens (tertiary/aromatic N) is 1. The van der Waals surface area contributed by atoms with Gasteiger partial charge in [-0.1, -0.05) is 36.4 Å². The summed E-state index contributed by atoms with van der Waals surface area (Å²) in [5, 5.41) is 11.5. The van der Waals surface area contributed by atoms with Crippen molar-refractivity contribution in [3.63, 3.8) is 0 Å². The number of rotatable bonds is 9. The Hall–Kier alpha value is -3.84. The van der Waals surface area contributed by atoms with Gasteiger partial charge in [0.1, 0.15) is 17.1 Å². The van der Waals surface area contributed by atoms with Crippen LogP contribution in [0, 0.1) is 5.82 Å². The predicted octanol–water partition coefficient (Wildman–Crippen LogP) is 3.83. The lowest BCUT2D eigenvalue weighted by atomic mass is 9.86. The molecular weight excluding hydrogens is 423 g/mol. The minimum Gasteiger partial charge on any atom is -0.440 e. The van der Waals surface area contributed by atoms with Gasteiger partial charge in [0.05, 0.1) is 13.0 Å². The Morgan fingerprint density at radius 1 is 1.00 bits per heavy atom. The maximum absolute atomic E-state index is 13.4. The van der Waals surface area contributed by atoms with Crippen LogP contribution >= 0.6 is 0 Å². The van der Waals surface area contributed by atoms with Crippen molar-refractivity contribution in [3.05, 3.63) is 101 Å². The third-order valence-electron chi connectivity index (χ3n) is 5.38. The molecule has 3 aromatic carbocycles. The molecule has 0 aliphatic carbocycles. The van der Waals surface area contributed by atoms with Crippen LogP contribution in [0.15, 0.2) is 77.2 Å². The molecule has 1 aromatic heterocycles. The lowest BCUT2D eigenvalue weighted by molar-refractivity contribution is -0.120. The van der Waals surface area contributed by atoms with Crippen LogP contribution < -0.4 is 5.32 Å². The lowest BCUT2D eigenvalue weighted by Gasteiger charge is -2.16. The number of aromatic nitrogens is 1. The van der Waals surface area contributed by atoms with Gasteiger partial charge in [-0.3, -0.25) is 9.59 Å². The number of carbonyl (C=O) groups excluding carboxylic acids is 2. The molecule has 168 valence electrons. The molecule has 0 fully saturated rings. The minimum atomic E-state index is -0.528. The fourth-order valence-corrected chi connectivity index (χ4v) is 3.68. The summed E-state index contributed by atoms with van der Waals surface area (Å²) in [7, 11) is 0. The molecule has 1 heterocycles. The van der Waals surface area contributed by atoms with Gasteiger partial charge in [-0.05, 0) is 53.9 Å². The third-order valence-corrected chi connectivity index (χ3v) is 5.38. The average Bonchev–Trinajstić information content (AvgIpc) is 3.24. The van der Waals surface area contributed by atoms with Crippen molar-refractivity contribution >= 4 is 22.8 Å². The fourth-order valence-electron chi connectivity index (χ4n) is 3.68. The van der Waals surface area contributed by atoms with Crippen molar-refractivity contribution in [2.75, 3.05) is 13.2 Å². The monoisotopic (exact) mass is 446 g/mol. The Morgan fingerprint density at radius 2 is 1.73 bits per heavy atom. The summed E-state index contributed by atoms with van der Waals surface area (Å²) < 4.78 is 19.1. The van der Waals surface area contributed by atoms with Crippen molar-refractivity contribution < 1.29 is 23.5 Å². The predicted molar refractivity (Wildman–Crippen MR) is 121 cm³/mol. The lowest BCUT2D eigenvalue weighted by Crippen LogP contribution is -2.26. The molecule has 1 atom stereocenters. The SMILES string of the molecule is O=C(NCCO)c1ccc(C(Cc2ccc(F)cc2)C(=O)Cc2nc3ccccc3o2)cc1. The number of aliphatic hydroxyl groups is 1. The zero-order valence-corrected chi connectivity index (χ0v) is 17.8.